The van der Waals surface area contributed by atoms with Gasteiger partial charge in [0.1, 0.15) is 0 Å². The molecule has 2 rings (SSSR count). The third kappa shape index (κ3) is 6.70. The Labute approximate surface area is 194 Å². The maximum absolute atomic E-state index is 11.8. The van der Waals surface area contributed by atoms with Crippen LogP contribution in [0.5, 0.6) is 23.0 Å². The molecule has 0 bridgehead atoms. The van der Waals surface area contributed by atoms with Crippen LogP contribution in [0.2, 0.25) is 0 Å². The van der Waals surface area contributed by atoms with Crippen molar-refractivity contribution in [3.63, 3.8) is 0 Å². The molecule has 0 saturated heterocycles. The molecule has 10 heteroatoms. The summed E-state index contributed by atoms with van der Waals surface area (Å²) in [4.78, 5) is 45.7. The van der Waals surface area contributed by atoms with E-state index in [2.05, 4.69) is 0 Å². The number of methoxy groups -OCH3 is 2. The third-order valence-electron chi connectivity index (χ3n) is 4.21. The molecule has 2 N–H and O–H groups in total. The molecule has 0 heterocycles. The van der Waals surface area contributed by atoms with Gasteiger partial charge in [-0.1, -0.05) is 0 Å². The molecule has 0 amide bonds. The van der Waals surface area contributed by atoms with E-state index in [4.69, 9.17) is 29.2 Å². The predicted octanol–water partition coefficient (Wildman–Crippen LogP) is 3.42. The minimum atomic E-state index is -1.19. The summed E-state index contributed by atoms with van der Waals surface area (Å²) in [7, 11) is 2.66. The van der Waals surface area contributed by atoms with E-state index in [0.29, 0.717) is 11.1 Å². The molecule has 10 nitrogen and oxygen atoms in total. The summed E-state index contributed by atoms with van der Waals surface area (Å²) in [6.45, 7) is 2.36. The summed E-state index contributed by atoms with van der Waals surface area (Å²) in [5.74, 6) is -3.59. The van der Waals surface area contributed by atoms with Crippen molar-refractivity contribution in [2.45, 2.75) is 13.8 Å². The van der Waals surface area contributed by atoms with E-state index in [9.17, 15) is 19.2 Å². The Balaban J connectivity index is 2.98. The minimum absolute atomic E-state index is 0.0303. The van der Waals surface area contributed by atoms with Crippen molar-refractivity contribution in [2.75, 3.05) is 14.2 Å². The van der Waals surface area contributed by atoms with E-state index in [0.717, 1.165) is 12.2 Å². The summed E-state index contributed by atoms with van der Waals surface area (Å²) in [6.07, 6.45) is 4.40. The number of carbonyl (C=O) groups excluding carboxylic acids is 2. The number of carboxylic acids is 2. The first-order valence-corrected chi connectivity index (χ1v) is 9.69. The van der Waals surface area contributed by atoms with Crippen LogP contribution in [0.15, 0.2) is 36.4 Å². The second-order valence-corrected chi connectivity index (χ2v) is 6.73. The molecular weight excluding hydrogens is 450 g/mol. The molecule has 0 aromatic heterocycles. The van der Waals surface area contributed by atoms with Crippen LogP contribution in [0, 0.1) is 0 Å². The summed E-state index contributed by atoms with van der Waals surface area (Å²) in [5.41, 5.74) is 1.12. The van der Waals surface area contributed by atoms with Gasteiger partial charge in [-0.15, -0.1) is 0 Å². The normalized spacial score (nSPS) is 10.8. The number of benzene rings is 2. The first kappa shape index (κ1) is 25.7. The SMILES string of the molecule is COc1cc(/C=C/[13C](=O)O)cc(-c2cc(/C=C/[13C](=O)O)cc(OC)c2OC(C)=O)c1OC(C)=O. The lowest BCUT2D eigenvalue weighted by Crippen LogP contribution is -2.08. The van der Waals surface area contributed by atoms with Crippen LogP contribution >= 0.6 is 0 Å². The molecule has 0 fully saturated rings. The minimum Gasteiger partial charge on any atom is -0.493 e. The van der Waals surface area contributed by atoms with Gasteiger partial charge in [-0.3, -0.25) is 9.59 Å². The molecule has 0 aliphatic heterocycles. The van der Waals surface area contributed by atoms with Gasteiger partial charge < -0.3 is 29.2 Å². The summed E-state index contributed by atoms with van der Waals surface area (Å²) >= 11 is 0. The van der Waals surface area contributed by atoms with E-state index >= 15 is 0 Å². The molecule has 2 aromatic rings. The molecule has 0 unspecified atom stereocenters. The highest BCUT2D eigenvalue weighted by Gasteiger charge is 2.23. The third-order valence-corrected chi connectivity index (χ3v) is 4.21. The van der Waals surface area contributed by atoms with Gasteiger partial charge in [0.25, 0.3) is 0 Å². The topological polar surface area (TPSA) is 146 Å². The zero-order valence-corrected chi connectivity index (χ0v) is 18.8. The Morgan fingerprint density at radius 3 is 1.29 bits per heavy atom. The van der Waals surface area contributed by atoms with E-state index in [-0.39, 0.29) is 34.1 Å². The second kappa shape index (κ2) is 11.3. The van der Waals surface area contributed by atoms with Gasteiger partial charge in [0.2, 0.25) is 0 Å². The Morgan fingerprint density at radius 2 is 1.03 bits per heavy atom. The van der Waals surface area contributed by atoms with Crippen molar-refractivity contribution in [2.24, 2.45) is 0 Å². The van der Waals surface area contributed by atoms with Gasteiger partial charge in [-0.2, -0.15) is 0 Å². The Kier molecular flexibility index (Phi) is 8.54. The molecule has 0 saturated carbocycles. The van der Waals surface area contributed by atoms with Crippen LogP contribution in [0.3, 0.4) is 0 Å². The number of esters is 2. The first-order valence-electron chi connectivity index (χ1n) is 9.69. The molecule has 0 atom stereocenters. The number of aliphatic carboxylic acids is 2. The number of carboxylic acid groups (broad SMARTS) is 2. The Bertz CT molecular complexity index is 1100. The Hall–Kier alpha value is -4.60. The maximum atomic E-state index is 11.8. The average Bonchev–Trinajstić information content (AvgIpc) is 2.76. The zero-order chi connectivity index (χ0) is 25.4. The summed E-state index contributed by atoms with van der Waals surface area (Å²) < 4.78 is 21.5. The largest absolute Gasteiger partial charge is 0.493 e. The van der Waals surface area contributed by atoms with E-state index in [1.165, 1.54) is 64.5 Å². The first-order chi connectivity index (χ1) is 16.0. The number of carbonyl (C=O) groups is 4. The van der Waals surface area contributed by atoms with Crippen LogP contribution in [0.4, 0.5) is 0 Å². The lowest BCUT2D eigenvalue weighted by atomic mass is 9.97. The standard InChI is InChI=1S/C24H22O10/c1-13(25)33-23-17(9-15(5-7-21(27)28)11-19(23)31-3)18-10-16(6-8-22(29)30)12-20(32-4)24(18)34-14(2)26/h5-12H,1-4H3,(H,27,28)(H,29,30)/b7-5+,8-6+/i21+1,22+1. The molecule has 2 aromatic carbocycles. The lowest BCUT2D eigenvalue weighted by Gasteiger charge is -2.19. The van der Waals surface area contributed by atoms with Crippen molar-refractivity contribution in [1.82, 2.24) is 0 Å². The van der Waals surface area contributed by atoms with Crippen LogP contribution in [-0.4, -0.2) is 48.3 Å². The maximum Gasteiger partial charge on any atom is 0.328 e. The van der Waals surface area contributed by atoms with Gasteiger partial charge in [-0.05, 0) is 47.5 Å². The van der Waals surface area contributed by atoms with E-state index < -0.39 is 23.9 Å². The van der Waals surface area contributed by atoms with E-state index in [1.807, 2.05) is 0 Å². The summed E-state index contributed by atoms with van der Waals surface area (Å²) in [6, 6.07) is 5.90. The highest BCUT2D eigenvalue weighted by Crippen LogP contribution is 2.47. The number of rotatable bonds is 9. The van der Waals surface area contributed by atoms with Crippen LogP contribution < -0.4 is 18.9 Å². The number of hydrogen-bond donors (Lipinski definition) is 2. The van der Waals surface area contributed by atoms with Gasteiger partial charge in [0.15, 0.2) is 23.0 Å². The van der Waals surface area contributed by atoms with Gasteiger partial charge in [-0.25, -0.2) is 9.59 Å². The zero-order valence-electron chi connectivity index (χ0n) is 18.8. The molecule has 0 aliphatic carbocycles. The lowest BCUT2D eigenvalue weighted by molar-refractivity contribution is -0.133. The molecule has 34 heavy (non-hydrogen) atoms. The smallest absolute Gasteiger partial charge is 0.328 e. The Morgan fingerprint density at radius 1 is 0.676 bits per heavy atom. The van der Waals surface area contributed by atoms with Crippen LogP contribution in [-0.2, 0) is 19.2 Å². The molecular formula is C24H22O10. The monoisotopic (exact) mass is 472 g/mol. The fourth-order valence-corrected chi connectivity index (χ4v) is 2.98. The predicted molar refractivity (Wildman–Crippen MR) is 121 cm³/mol. The van der Waals surface area contributed by atoms with Crippen LogP contribution in [0.1, 0.15) is 25.0 Å². The fraction of sp³-hybridized carbons (Fsp3) is 0.167. The highest BCUT2D eigenvalue weighted by molar-refractivity contribution is 5.91. The molecule has 0 radical (unpaired) electrons. The average molecular weight is 472 g/mol. The number of hydrogen-bond acceptors (Lipinski definition) is 8. The van der Waals surface area contributed by atoms with E-state index in [1.54, 1.807) is 0 Å². The van der Waals surface area contributed by atoms with Gasteiger partial charge >= 0.3 is 23.9 Å². The van der Waals surface area contributed by atoms with Crippen molar-refractivity contribution in [3.8, 4) is 34.1 Å². The van der Waals surface area contributed by atoms with Gasteiger partial charge in [0, 0.05) is 37.1 Å². The van der Waals surface area contributed by atoms with Crippen molar-refractivity contribution in [3.05, 3.63) is 47.5 Å². The second-order valence-electron chi connectivity index (χ2n) is 6.73. The van der Waals surface area contributed by atoms with Crippen molar-refractivity contribution in [1.29, 1.82) is 0 Å². The fourth-order valence-electron chi connectivity index (χ4n) is 2.98. The van der Waals surface area contributed by atoms with Crippen molar-refractivity contribution < 1.29 is 48.3 Å². The van der Waals surface area contributed by atoms with Gasteiger partial charge in [0.05, 0.1) is 14.2 Å². The molecule has 178 valence electrons. The quantitative estimate of drug-likeness (QED) is 0.241. The molecule has 0 spiro atoms. The molecule has 0 aliphatic rings. The number of ether oxygens (including phenoxy) is 4. The van der Waals surface area contributed by atoms with Crippen LogP contribution in [0.25, 0.3) is 23.3 Å². The highest BCUT2D eigenvalue weighted by atomic mass is 16.6. The summed E-state index contributed by atoms with van der Waals surface area (Å²) in [5, 5.41) is 18.0. The van der Waals surface area contributed by atoms with Crippen molar-refractivity contribution >= 4 is 36.0 Å².